The lowest BCUT2D eigenvalue weighted by Gasteiger charge is -2.12. The summed E-state index contributed by atoms with van der Waals surface area (Å²) >= 11 is 0. The topological polar surface area (TPSA) is 59.3 Å². The van der Waals surface area contributed by atoms with Crippen molar-refractivity contribution in [2.24, 2.45) is 0 Å². The summed E-state index contributed by atoms with van der Waals surface area (Å²) in [6.07, 6.45) is 1.04. The molecule has 1 amide bonds. The first kappa shape index (κ1) is 18.2. The molecule has 28 heavy (non-hydrogen) atoms. The molecule has 1 N–H and O–H groups in total. The zero-order chi connectivity index (χ0) is 19.8. The van der Waals surface area contributed by atoms with Gasteiger partial charge < -0.3 is 5.32 Å². The average molecular weight is 372 g/mol. The summed E-state index contributed by atoms with van der Waals surface area (Å²) in [7, 11) is 0. The summed E-state index contributed by atoms with van der Waals surface area (Å²) in [6.45, 7) is 8.11. The molecule has 5 nitrogen and oxygen atoms in total. The van der Waals surface area contributed by atoms with Crippen molar-refractivity contribution in [1.29, 1.82) is 0 Å². The molecule has 0 fully saturated rings. The van der Waals surface area contributed by atoms with Gasteiger partial charge in [0.25, 0.3) is 0 Å². The maximum atomic E-state index is 12.5. The van der Waals surface area contributed by atoms with Crippen LogP contribution in [0.1, 0.15) is 34.5 Å². The second kappa shape index (κ2) is 7.08. The minimum atomic E-state index is 0.0106. The van der Waals surface area contributed by atoms with E-state index in [1.807, 2.05) is 68.6 Å². The smallest absolute Gasteiger partial charge is 0.224 e. The Hall–Kier alpha value is -3.21. The van der Waals surface area contributed by atoms with Crippen LogP contribution in [0.4, 0.5) is 5.69 Å². The Morgan fingerprint density at radius 2 is 1.86 bits per heavy atom. The van der Waals surface area contributed by atoms with Crippen LogP contribution in [0.3, 0.4) is 0 Å². The van der Waals surface area contributed by atoms with Crippen LogP contribution in [-0.4, -0.2) is 20.5 Å². The predicted molar refractivity (Wildman–Crippen MR) is 113 cm³/mol. The first-order valence-corrected chi connectivity index (χ1v) is 9.54. The van der Waals surface area contributed by atoms with Gasteiger partial charge >= 0.3 is 0 Å². The number of aryl methyl sites for hydroxylation is 4. The lowest BCUT2D eigenvalue weighted by atomic mass is 10.1. The van der Waals surface area contributed by atoms with Gasteiger partial charge in [-0.2, -0.15) is 5.10 Å². The minimum Gasteiger partial charge on any atom is -0.326 e. The highest BCUT2D eigenvalue weighted by Crippen LogP contribution is 2.23. The van der Waals surface area contributed by atoms with E-state index in [4.69, 9.17) is 4.98 Å². The molecule has 2 aromatic heterocycles. The summed E-state index contributed by atoms with van der Waals surface area (Å²) in [5.41, 5.74) is 8.01. The van der Waals surface area contributed by atoms with Crippen molar-refractivity contribution in [1.82, 2.24) is 14.6 Å². The van der Waals surface area contributed by atoms with Gasteiger partial charge in [0.1, 0.15) is 0 Å². The van der Waals surface area contributed by atoms with Crippen molar-refractivity contribution in [3.05, 3.63) is 70.5 Å². The number of aromatic nitrogens is 3. The van der Waals surface area contributed by atoms with Crippen molar-refractivity contribution in [2.75, 3.05) is 5.32 Å². The Kier molecular flexibility index (Phi) is 4.59. The van der Waals surface area contributed by atoms with Crippen LogP contribution in [0.25, 0.3) is 16.6 Å². The molecule has 0 unspecified atom stereocenters. The van der Waals surface area contributed by atoms with Gasteiger partial charge in [0, 0.05) is 28.9 Å². The number of anilines is 1. The predicted octanol–water partition coefficient (Wildman–Crippen LogP) is 4.69. The molecule has 0 saturated carbocycles. The van der Waals surface area contributed by atoms with Gasteiger partial charge in [0.2, 0.25) is 5.91 Å². The van der Waals surface area contributed by atoms with Crippen LogP contribution in [-0.2, 0) is 11.2 Å². The van der Waals surface area contributed by atoms with E-state index in [-0.39, 0.29) is 5.91 Å². The zero-order valence-electron chi connectivity index (χ0n) is 16.7. The molecule has 2 heterocycles. The van der Waals surface area contributed by atoms with Gasteiger partial charge in [-0.15, -0.1) is 0 Å². The molecule has 4 rings (SSSR count). The maximum absolute atomic E-state index is 12.5. The third-order valence-electron chi connectivity index (χ3n) is 5.28. The monoisotopic (exact) mass is 372 g/mol. The summed E-state index contributed by atoms with van der Waals surface area (Å²) in [5, 5.41) is 8.76. The van der Waals surface area contributed by atoms with Gasteiger partial charge in [0.05, 0.1) is 5.52 Å². The molecule has 0 spiro atoms. The van der Waals surface area contributed by atoms with Gasteiger partial charge in [-0.05, 0) is 63.4 Å². The van der Waals surface area contributed by atoms with Crippen LogP contribution in [0.2, 0.25) is 0 Å². The Morgan fingerprint density at radius 1 is 1.07 bits per heavy atom. The van der Waals surface area contributed by atoms with E-state index in [2.05, 4.69) is 16.5 Å². The van der Waals surface area contributed by atoms with Crippen molar-refractivity contribution in [3.8, 4) is 0 Å². The maximum Gasteiger partial charge on any atom is 0.224 e. The number of hydrogen-bond donors (Lipinski definition) is 1. The van der Waals surface area contributed by atoms with Crippen molar-refractivity contribution >= 4 is 28.1 Å². The third-order valence-corrected chi connectivity index (χ3v) is 5.28. The lowest BCUT2D eigenvalue weighted by molar-refractivity contribution is -0.116. The third kappa shape index (κ3) is 3.24. The van der Waals surface area contributed by atoms with Crippen LogP contribution < -0.4 is 5.32 Å². The summed E-state index contributed by atoms with van der Waals surface area (Å²) in [6, 6.07) is 14.1. The molecular weight excluding hydrogens is 348 g/mol. The minimum absolute atomic E-state index is 0.0106. The molecule has 4 aromatic rings. The van der Waals surface area contributed by atoms with E-state index in [0.29, 0.717) is 12.8 Å². The van der Waals surface area contributed by atoms with Gasteiger partial charge in [0.15, 0.2) is 5.65 Å². The molecule has 0 aliphatic heterocycles. The first-order valence-electron chi connectivity index (χ1n) is 9.54. The second-order valence-electron chi connectivity index (χ2n) is 7.38. The van der Waals surface area contributed by atoms with E-state index < -0.39 is 0 Å². The molecular formula is C23H24N4O. The van der Waals surface area contributed by atoms with Crippen molar-refractivity contribution in [2.45, 2.75) is 40.5 Å². The number of nitrogens with one attached hydrogen (secondary N) is 1. The van der Waals surface area contributed by atoms with Crippen LogP contribution in [0, 0.1) is 27.7 Å². The van der Waals surface area contributed by atoms with E-state index >= 15 is 0 Å². The SMILES string of the molecule is Cc1ccc(NC(=O)CCc2c(C)nc3c4ccccc4nn3c2C)c(C)c1. The van der Waals surface area contributed by atoms with E-state index in [0.717, 1.165) is 44.8 Å². The number of nitrogens with zero attached hydrogens (tertiary/aromatic N) is 3. The van der Waals surface area contributed by atoms with E-state index in [1.165, 1.54) is 5.56 Å². The normalized spacial score (nSPS) is 11.3. The number of hydrogen-bond acceptors (Lipinski definition) is 3. The van der Waals surface area contributed by atoms with E-state index in [9.17, 15) is 4.79 Å². The highest BCUT2D eigenvalue weighted by atomic mass is 16.1. The Balaban J connectivity index is 1.57. The number of benzene rings is 2. The fourth-order valence-electron chi connectivity index (χ4n) is 3.74. The quantitative estimate of drug-likeness (QED) is 0.565. The average Bonchev–Trinajstić information content (AvgIpc) is 3.03. The fraction of sp³-hybridized carbons (Fsp3) is 0.261. The summed E-state index contributed by atoms with van der Waals surface area (Å²) < 4.78 is 1.90. The number of carbonyl (C=O) groups is 1. The van der Waals surface area contributed by atoms with Gasteiger partial charge in [-0.1, -0.05) is 29.8 Å². The van der Waals surface area contributed by atoms with Gasteiger partial charge in [-0.25, -0.2) is 9.50 Å². The summed E-state index contributed by atoms with van der Waals surface area (Å²) in [5.74, 6) is 0.0106. The zero-order valence-corrected chi connectivity index (χ0v) is 16.7. The van der Waals surface area contributed by atoms with Crippen molar-refractivity contribution < 1.29 is 4.79 Å². The van der Waals surface area contributed by atoms with Gasteiger partial charge in [-0.3, -0.25) is 4.79 Å². The molecule has 0 aliphatic rings. The lowest BCUT2D eigenvalue weighted by Crippen LogP contribution is -2.15. The molecule has 5 heteroatoms. The fourth-order valence-corrected chi connectivity index (χ4v) is 3.74. The second-order valence-corrected chi connectivity index (χ2v) is 7.38. The van der Waals surface area contributed by atoms with Crippen LogP contribution >= 0.6 is 0 Å². The Morgan fingerprint density at radius 3 is 2.64 bits per heavy atom. The highest BCUT2D eigenvalue weighted by Gasteiger charge is 2.15. The molecule has 0 atom stereocenters. The Bertz CT molecular complexity index is 1210. The van der Waals surface area contributed by atoms with E-state index in [1.54, 1.807) is 0 Å². The molecule has 0 saturated heterocycles. The van der Waals surface area contributed by atoms with Crippen molar-refractivity contribution in [3.63, 3.8) is 0 Å². The molecule has 142 valence electrons. The van der Waals surface area contributed by atoms with Crippen LogP contribution in [0.5, 0.6) is 0 Å². The van der Waals surface area contributed by atoms with Crippen LogP contribution in [0.15, 0.2) is 42.5 Å². The Labute approximate surface area is 164 Å². The molecule has 0 aliphatic carbocycles. The summed E-state index contributed by atoms with van der Waals surface area (Å²) in [4.78, 5) is 17.3. The molecule has 0 bridgehead atoms. The standard InChI is InChI=1S/C23H24N4O/c1-14-9-11-20(15(2)13-14)25-22(28)12-10-18-16(3)24-23-19-7-5-6-8-21(19)26-27(23)17(18)4/h5-9,11,13H,10,12H2,1-4H3,(H,25,28). The number of rotatable bonds is 4. The number of amides is 1. The number of carbonyl (C=O) groups excluding carboxylic acids is 1. The highest BCUT2D eigenvalue weighted by molar-refractivity contribution is 5.93. The number of fused-ring (bicyclic) bond motifs is 3. The first-order chi connectivity index (χ1) is 13.4. The largest absolute Gasteiger partial charge is 0.326 e. The molecule has 2 aromatic carbocycles. The molecule has 0 radical (unpaired) electrons.